The van der Waals surface area contributed by atoms with E-state index in [1.807, 2.05) is 30.3 Å². The molecule has 1 amide bonds. The number of hydrogen-bond acceptors (Lipinski definition) is 2. The fourth-order valence-electron chi connectivity index (χ4n) is 4.06. The van der Waals surface area contributed by atoms with Crippen molar-refractivity contribution in [2.24, 2.45) is 0 Å². The predicted molar refractivity (Wildman–Crippen MR) is 118 cm³/mol. The van der Waals surface area contributed by atoms with Gasteiger partial charge in [0, 0.05) is 25.2 Å². The third kappa shape index (κ3) is 4.75. The minimum atomic E-state index is -0.0147. The lowest BCUT2D eigenvalue weighted by Gasteiger charge is -2.28. The Kier molecular flexibility index (Phi) is 6.06. The first kappa shape index (κ1) is 19.4. The summed E-state index contributed by atoms with van der Waals surface area (Å²) in [5, 5.41) is 3.16. The van der Waals surface area contributed by atoms with Crippen molar-refractivity contribution in [3.05, 3.63) is 107 Å². The highest BCUT2D eigenvalue weighted by molar-refractivity contribution is 5.94. The molecule has 1 aliphatic rings. The molecule has 29 heavy (non-hydrogen) atoms. The van der Waals surface area contributed by atoms with Gasteiger partial charge in [0.1, 0.15) is 0 Å². The number of carbonyl (C=O) groups excluding carboxylic acids is 1. The summed E-state index contributed by atoms with van der Waals surface area (Å²) in [5.41, 5.74) is 6.01. The molecule has 0 spiro atoms. The van der Waals surface area contributed by atoms with Crippen molar-refractivity contribution in [3.8, 4) is 0 Å². The highest BCUT2D eigenvalue weighted by Crippen LogP contribution is 2.21. The standard InChI is InChI=1S/C26H28N2O/c1-2-25(22-9-4-3-5-10-22)27-26(29)23-14-12-20(13-15-23)18-28-17-16-21-8-6-7-11-24(21)19-28/h3-15,25H,2,16-19H2,1H3,(H,27,29)/t25-/m1/s1. The van der Waals surface area contributed by atoms with Crippen molar-refractivity contribution in [2.75, 3.05) is 6.54 Å². The summed E-state index contributed by atoms with van der Waals surface area (Å²) in [4.78, 5) is 15.2. The summed E-state index contributed by atoms with van der Waals surface area (Å²) in [7, 11) is 0. The lowest BCUT2D eigenvalue weighted by molar-refractivity contribution is 0.0935. The van der Waals surface area contributed by atoms with Gasteiger partial charge >= 0.3 is 0 Å². The van der Waals surface area contributed by atoms with Gasteiger partial charge in [-0.25, -0.2) is 0 Å². The van der Waals surface area contributed by atoms with E-state index >= 15 is 0 Å². The zero-order valence-corrected chi connectivity index (χ0v) is 17.0. The van der Waals surface area contributed by atoms with Gasteiger partial charge in [0.15, 0.2) is 0 Å². The van der Waals surface area contributed by atoms with Crippen LogP contribution in [0.3, 0.4) is 0 Å². The monoisotopic (exact) mass is 384 g/mol. The fraction of sp³-hybridized carbons (Fsp3) is 0.269. The van der Waals surface area contributed by atoms with Crippen LogP contribution in [0.4, 0.5) is 0 Å². The van der Waals surface area contributed by atoms with Gasteiger partial charge in [0.2, 0.25) is 0 Å². The van der Waals surface area contributed by atoms with Gasteiger partial charge in [0.25, 0.3) is 5.91 Å². The zero-order chi connectivity index (χ0) is 20.1. The Morgan fingerprint density at radius 2 is 1.62 bits per heavy atom. The van der Waals surface area contributed by atoms with Gasteiger partial charge in [-0.2, -0.15) is 0 Å². The number of carbonyl (C=O) groups is 1. The molecule has 1 N–H and O–H groups in total. The van der Waals surface area contributed by atoms with Gasteiger partial charge in [-0.3, -0.25) is 9.69 Å². The minimum absolute atomic E-state index is 0.0147. The highest BCUT2D eigenvalue weighted by Gasteiger charge is 2.17. The number of benzene rings is 3. The second-order valence-electron chi connectivity index (χ2n) is 7.77. The highest BCUT2D eigenvalue weighted by atomic mass is 16.1. The molecule has 0 unspecified atom stereocenters. The van der Waals surface area contributed by atoms with E-state index in [0.717, 1.165) is 38.0 Å². The number of hydrogen-bond donors (Lipinski definition) is 1. The van der Waals surface area contributed by atoms with Gasteiger partial charge in [-0.05, 0) is 47.2 Å². The minimum Gasteiger partial charge on any atom is -0.345 e. The lowest BCUT2D eigenvalue weighted by Crippen LogP contribution is -2.30. The lowest BCUT2D eigenvalue weighted by atomic mass is 9.99. The molecule has 148 valence electrons. The summed E-state index contributed by atoms with van der Waals surface area (Å²) < 4.78 is 0. The molecule has 1 atom stereocenters. The SMILES string of the molecule is CC[C@@H](NC(=O)c1ccc(CN2CCc3ccccc3C2)cc1)c1ccccc1. The van der Waals surface area contributed by atoms with E-state index in [1.54, 1.807) is 0 Å². The molecule has 0 bridgehead atoms. The topological polar surface area (TPSA) is 32.3 Å². The molecular weight excluding hydrogens is 356 g/mol. The van der Waals surface area contributed by atoms with Crippen molar-refractivity contribution in [1.82, 2.24) is 10.2 Å². The first-order valence-electron chi connectivity index (χ1n) is 10.5. The molecule has 0 saturated heterocycles. The summed E-state index contributed by atoms with van der Waals surface area (Å²) in [6.45, 7) is 5.08. The van der Waals surface area contributed by atoms with E-state index in [-0.39, 0.29) is 11.9 Å². The van der Waals surface area contributed by atoms with E-state index in [4.69, 9.17) is 0 Å². The first-order chi connectivity index (χ1) is 14.2. The van der Waals surface area contributed by atoms with E-state index in [0.29, 0.717) is 5.56 Å². The molecule has 3 nitrogen and oxygen atoms in total. The summed E-state index contributed by atoms with van der Waals surface area (Å²) in [6.07, 6.45) is 1.97. The van der Waals surface area contributed by atoms with Crippen molar-refractivity contribution >= 4 is 5.91 Å². The Hall–Kier alpha value is -2.91. The van der Waals surface area contributed by atoms with Crippen LogP contribution in [0, 0.1) is 0 Å². The molecule has 1 aliphatic heterocycles. The van der Waals surface area contributed by atoms with Crippen LogP contribution in [-0.2, 0) is 19.5 Å². The van der Waals surface area contributed by atoms with E-state index in [1.165, 1.54) is 16.7 Å². The molecule has 0 aliphatic carbocycles. The molecule has 1 heterocycles. The van der Waals surface area contributed by atoms with Crippen LogP contribution in [0.2, 0.25) is 0 Å². The number of amides is 1. The molecular formula is C26H28N2O. The third-order valence-corrected chi connectivity index (χ3v) is 5.75. The maximum Gasteiger partial charge on any atom is 0.251 e. The molecule has 3 aromatic carbocycles. The van der Waals surface area contributed by atoms with Crippen LogP contribution in [0.25, 0.3) is 0 Å². The summed E-state index contributed by atoms with van der Waals surface area (Å²) in [5.74, 6) is -0.0147. The van der Waals surface area contributed by atoms with Crippen LogP contribution in [0.1, 0.15) is 52.0 Å². The number of rotatable bonds is 6. The predicted octanol–water partition coefficient (Wildman–Crippen LogP) is 5.13. The molecule has 0 radical (unpaired) electrons. The van der Waals surface area contributed by atoms with Gasteiger partial charge < -0.3 is 5.32 Å². The molecule has 0 fully saturated rings. The Morgan fingerprint density at radius 1 is 0.931 bits per heavy atom. The quantitative estimate of drug-likeness (QED) is 0.639. The van der Waals surface area contributed by atoms with E-state index < -0.39 is 0 Å². The Morgan fingerprint density at radius 3 is 2.34 bits per heavy atom. The van der Waals surface area contributed by atoms with E-state index in [2.05, 4.69) is 65.7 Å². The average Bonchev–Trinajstić information content (AvgIpc) is 2.78. The van der Waals surface area contributed by atoms with Gasteiger partial charge in [-0.15, -0.1) is 0 Å². The molecule has 4 rings (SSSR count). The number of nitrogens with one attached hydrogen (secondary N) is 1. The second kappa shape index (κ2) is 9.06. The van der Waals surface area contributed by atoms with Crippen molar-refractivity contribution in [1.29, 1.82) is 0 Å². The van der Waals surface area contributed by atoms with Gasteiger partial charge in [0.05, 0.1) is 6.04 Å². The Labute approximate surface area is 173 Å². The van der Waals surface area contributed by atoms with Crippen LogP contribution in [-0.4, -0.2) is 17.4 Å². The normalized spacial score (nSPS) is 14.8. The van der Waals surface area contributed by atoms with Crippen LogP contribution < -0.4 is 5.32 Å². The van der Waals surface area contributed by atoms with Crippen molar-refractivity contribution in [3.63, 3.8) is 0 Å². The zero-order valence-electron chi connectivity index (χ0n) is 17.0. The average molecular weight is 385 g/mol. The van der Waals surface area contributed by atoms with Crippen molar-refractivity contribution < 1.29 is 4.79 Å². The molecule has 3 heteroatoms. The second-order valence-corrected chi connectivity index (χ2v) is 7.77. The van der Waals surface area contributed by atoms with E-state index in [9.17, 15) is 4.79 Å². The third-order valence-electron chi connectivity index (χ3n) is 5.75. The van der Waals surface area contributed by atoms with Crippen LogP contribution >= 0.6 is 0 Å². The number of nitrogens with zero attached hydrogens (tertiary/aromatic N) is 1. The largest absolute Gasteiger partial charge is 0.345 e. The smallest absolute Gasteiger partial charge is 0.251 e. The molecule has 3 aromatic rings. The number of fused-ring (bicyclic) bond motifs is 1. The summed E-state index contributed by atoms with van der Waals surface area (Å²) >= 11 is 0. The summed E-state index contributed by atoms with van der Waals surface area (Å²) in [6, 6.07) is 26.9. The fourth-order valence-corrected chi connectivity index (χ4v) is 4.06. The maximum absolute atomic E-state index is 12.7. The Bertz CT molecular complexity index is 950. The van der Waals surface area contributed by atoms with Crippen molar-refractivity contribution in [2.45, 2.75) is 38.9 Å². The van der Waals surface area contributed by atoms with Gasteiger partial charge in [-0.1, -0.05) is 73.7 Å². The molecule has 0 aromatic heterocycles. The maximum atomic E-state index is 12.7. The first-order valence-corrected chi connectivity index (χ1v) is 10.5. The van der Waals surface area contributed by atoms with Crippen LogP contribution in [0.5, 0.6) is 0 Å². The molecule has 0 saturated carbocycles. The Balaban J connectivity index is 1.37. The van der Waals surface area contributed by atoms with Crippen LogP contribution in [0.15, 0.2) is 78.9 Å².